The number of rotatable bonds is 5. The summed E-state index contributed by atoms with van der Waals surface area (Å²) in [7, 11) is -3.33. The van der Waals surface area contributed by atoms with Crippen LogP contribution in [-0.4, -0.2) is 47.4 Å². The number of hydrogen-bond donors (Lipinski definition) is 2. The van der Waals surface area contributed by atoms with E-state index in [2.05, 4.69) is 10.3 Å². The molecule has 1 aromatic rings. The molecular formula is C13H18N2O5S. The monoisotopic (exact) mass is 314 g/mol. The molecular weight excluding hydrogens is 296 g/mol. The van der Waals surface area contributed by atoms with Crippen molar-refractivity contribution in [2.75, 3.05) is 12.3 Å². The van der Waals surface area contributed by atoms with E-state index >= 15 is 0 Å². The van der Waals surface area contributed by atoms with Crippen molar-refractivity contribution in [1.82, 2.24) is 10.3 Å². The number of carbonyl (C=O) groups is 2. The van der Waals surface area contributed by atoms with Crippen molar-refractivity contribution in [3.63, 3.8) is 0 Å². The average molecular weight is 314 g/mol. The fourth-order valence-electron chi connectivity index (χ4n) is 1.38. The first kappa shape index (κ1) is 17.1. The SMILES string of the molecule is CC(C)(C)S(=O)(=O)CCNC(=O)c1cccc(C(=O)O)n1. The molecule has 1 aromatic heterocycles. The Morgan fingerprint density at radius 3 is 2.33 bits per heavy atom. The van der Waals surface area contributed by atoms with E-state index in [1.165, 1.54) is 18.2 Å². The highest BCUT2D eigenvalue weighted by Gasteiger charge is 2.28. The van der Waals surface area contributed by atoms with Gasteiger partial charge < -0.3 is 10.4 Å². The van der Waals surface area contributed by atoms with Crippen molar-refractivity contribution in [2.45, 2.75) is 25.5 Å². The Balaban J connectivity index is 2.67. The first-order chi connectivity index (χ1) is 9.54. The predicted molar refractivity (Wildman–Crippen MR) is 77.1 cm³/mol. The van der Waals surface area contributed by atoms with Crippen molar-refractivity contribution < 1.29 is 23.1 Å². The molecule has 0 aromatic carbocycles. The normalized spacial score (nSPS) is 12.0. The zero-order chi connectivity index (χ0) is 16.3. The third-order valence-corrected chi connectivity index (χ3v) is 5.40. The van der Waals surface area contributed by atoms with Crippen LogP contribution in [0.2, 0.25) is 0 Å². The summed E-state index contributed by atoms with van der Waals surface area (Å²) in [5.74, 6) is -2.04. The van der Waals surface area contributed by atoms with Crippen molar-refractivity contribution in [1.29, 1.82) is 0 Å². The van der Waals surface area contributed by atoms with Gasteiger partial charge in [-0.3, -0.25) is 4.79 Å². The number of nitrogens with zero attached hydrogens (tertiary/aromatic N) is 1. The summed E-state index contributed by atoms with van der Waals surface area (Å²) in [6.07, 6.45) is 0. The second-order valence-electron chi connectivity index (χ2n) is 5.40. The molecule has 0 atom stereocenters. The lowest BCUT2D eigenvalue weighted by atomic mass is 10.3. The Morgan fingerprint density at radius 1 is 1.24 bits per heavy atom. The summed E-state index contributed by atoms with van der Waals surface area (Å²) in [4.78, 5) is 26.2. The maximum atomic E-state index is 11.9. The summed E-state index contributed by atoms with van der Waals surface area (Å²) < 4.78 is 22.8. The minimum atomic E-state index is -3.33. The van der Waals surface area contributed by atoms with E-state index in [9.17, 15) is 18.0 Å². The first-order valence-electron chi connectivity index (χ1n) is 6.25. The van der Waals surface area contributed by atoms with Gasteiger partial charge in [0.25, 0.3) is 5.91 Å². The Labute approximate surface area is 123 Å². The molecule has 1 heterocycles. The molecule has 0 unspecified atom stereocenters. The van der Waals surface area contributed by atoms with Crippen molar-refractivity contribution in [3.8, 4) is 0 Å². The lowest BCUT2D eigenvalue weighted by Gasteiger charge is -2.19. The van der Waals surface area contributed by atoms with Crippen LogP contribution < -0.4 is 5.32 Å². The summed E-state index contributed by atoms with van der Waals surface area (Å²) >= 11 is 0. The Morgan fingerprint density at radius 2 is 1.81 bits per heavy atom. The van der Waals surface area contributed by atoms with Crippen LogP contribution in [0.1, 0.15) is 41.7 Å². The van der Waals surface area contributed by atoms with E-state index in [0.717, 1.165) is 0 Å². The van der Waals surface area contributed by atoms with E-state index in [4.69, 9.17) is 5.11 Å². The van der Waals surface area contributed by atoms with Crippen LogP contribution in [0.4, 0.5) is 0 Å². The fraction of sp³-hybridized carbons (Fsp3) is 0.462. The Kier molecular flexibility index (Phi) is 5.06. The van der Waals surface area contributed by atoms with Gasteiger partial charge in [-0.15, -0.1) is 0 Å². The Bertz CT molecular complexity index is 647. The highest BCUT2D eigenvalue weighted by molar-refractivity contribution is 7.92. The van der Waals surface area contributed by atoms with Crippen LogP contribution in [0, 0.1) is 0 Å². The smallest absolute Gasteiger partial charge is 0.354 e. The van der Waals surface area contributed by atoms with Crippen molar-refractivity contribution >= 4 is 21.7 Å². The van der Waals surface area contributed by atoms with Crippen molar-refractivity contribution in [2.24, 2.45) is 0 Å². The molecule has 2 N–H and O–H groups in total. The highest BCUT2D eigenvalue weighted by Crippen LogP contribution is 2.15. The minimum Gasteiger partial charge on any atom is -0.477 e. The molecule has 0 aliphatic carbocycles. The summed E-state index contributed by atoms with van der Waals surface area (Å²) in [6, 6.07) is 4.03. The van der Waals surface area contributed by atoms with E-state index < -0.39 is 26.5 Å². The molecule has 0 aliphatic heterocycles. The van der Waals surface area contributed by atoms with Gasteiger partial charge in [0.1, 0.15) is 11.4 Å². The van der Waals surface area contributed by atoms with Gasteiger partial charge in [0.15, 0.2) is 9.84 Å². The van der Waals surface area contributed by atoms with E-state index in [1.54, 1.807) is 20.8 Å². The zero-order valence-corrected chi connectivity index (χ0v) is 12.9. The van der Waals surface area contributed by atoms with E-state index in [1.807, 2.05) is 0 Å². The minimum absolute atomic E-state index is 0.0581. The van der Waals surface area contributed by atoms with Gasteiger partial charge in [0.05, 0.1) is 10.5 Å². The molecule has 0 spiro atoms. The van der Waals surface area contributed by atoms with Crippen LogP contribution in [0.5, 0.6) is 0 Å². The topological polar surface area (TPSA) is 113 Å². The van der Waals surface area contributed by atoms with Gasteiger partial charge >= 0.3 is 5.97 Å². The van der Waals surface area contributed by atoms with Gasteiger partial charge in [-0.1, -0.05) is 6.07 Å². The molecule has 8 heteroatoms. The molecule has 1 rings (SSSR count). The average Bonchev–Trinajstić information content (AvgIpc) is 2.37. The number of aromatic carboxylic acids is 1. The van der Waals surface area contributed by atoms with Crippen molar-refractivity contribution in [3.05, 3.63) is 29.6 Å². The number of sulfone groups is 1. The van der Waals surface area contributed by atoms with Gasteiger partial charge in [-0.2, -0.15) is 0 Å². The molecule has 0 saturated carbocycles. The quantitative estimate of drug-likeness (QED) is 0.828. The maximum absolute atomic E-state index is 11.9. The second kappa shape index (κ2) is 6.21. The molecule has 116 valence electrons. The lowest BCUT2D eigenvalue weighted by molar-refractivity contribution is 0.0690. The van der Waals surface area contributed by atoms with Gasteiger partial charge in [0, 0.05) is 6.54 Å². The second-order valence-corrected chi connectivity index (χ2v) is 8.26. The van der Waals surface area contributed by atoms with Gasteiger partial charge in [0.2, 0.25) is 0 Å². The summed E-state index contributed by atoms with van der Waals surface area (Å²) in [5.41, 5.74) is -0.312. The summed E-state index contributed by atoms with van der Waals surface area (Å²) in [6.45, 7) is 4.70. The van der Waals surface area contributed by atoms with Crippen LogP contribution in [0.15, 0.2) is 18.2 Å². The number of carboxylic acid groups (broad SMARTS) is 1. The lowest BCUT2D eigenvalue weighted by Crippen LogP contribution is -2.36. The number of pyridine rings is 1. The van der Waals surface area contributed by atoms with E-state index in [0.29, 0.717) is 0 Å². The Hall–Kier alpha value is -1.96. The summed E-state index contributed by atoms with van der Waals surface area (Å²) in [5, 5.41) is 11.2. The van der Waals surface area contributed by atoms with Gasteiger partial charge in [-0.25, -0.2) is 18.2 Å². The fourth-order valence-corrected chi connectivity index (χ4v) is 2.36. The number of amides is 1. The zero-order valence-electron chi connectivity index (χ0n) is 12.1. The molecule has 1 amide bonds. The predicted octanol–water partition coefficient (Wildman–Crippen LogP) is 0.723. The van der Waals surface area contributed by atoms with Gasteiger partial charge in [-0.05, 0) is 32.9 Å². The molecule has 0 aliphatic rings. The number of carboxylic acids is 1. The molecule has 0 saturated heterocycles. The van der Waals surface area contributed by atoms with Crippen LogP contribution in [0.25, 0.3) is 0 Å². The third kappa shape index (κ3) is 4.52. The maximum Gasteiger partial charge on any atom is 0.354 e. The number of aromatic nitrogens is 1. The standard InChI is InChI=1S/C13H18N2O5S/c1-13(2,3)21(19,20)8-7-14-11(16)9-5-4-6-10(15-9)12(17)18/h4-6H,7-8H2,1-3H3,(H,14,16)(H,17,18). The van der Waals surface area contributed by atoms with Crippen LogP contribution in [0.3, 0.4) is 0 Å². The largest absolute Gasteiger partial charge is 0.477 e. The molecule has 0 fully saturated rings. The van der Waals surface area contributed by atoms with E-state index in [-0.39, 0.29) is 23.7 Å². The number of hydrogen-bond acceptors (Lipinski definition) is 5. The van der Waals surface area contributed by atoms with Crippen LogP contribution in [-0.2, 0) is 9.84 Å². The highest BCUT2D eigenvalue weighted by atomic mass is 32.2. The number of carbonyl (C=O) groups excluding carboxylic acids is 1. The van der Waals surface area contributed by atoms with Crippen LogP contribution >= 0.6 is 0 Å². The first-order valence-corrected chi connectivity index (χ1v) is 7.91. The molecule has 0 bridgehead atoms. The molecule has 7 nitrogen and oxygen atoms in total. The third-order valence-electron chi connectivity index (χ3n) is 2.79. The molecule has 0 radical (unpaired) electrons. The molecule has 21 heavy (non-hydrogen) atoms. The number of nitrogens with one attached hydrogen (secondary N) is 1.